The summed E-state index contributed by atoms with van der Waals surface area (Å²) in [5.41, 5.74) is 3.03. The Labute approximate surface area is 230 Å². The highest BCUT2D eigenvalue weighted by Gasteiger charge is 2.69. The minimum atomic E-state index is -0.971. The number of aliphatic carboxylic acids is 1. The van der Waals surface area contributed by atoms with E-state index in [0.29, 0.717) is 24.3 Å². The number of carboxylic acid groups (broad SMARTS) is 1. The number of aromatic nitrogens is 1. The molecule has 4 aliphatic carbocycles. The highest BCUT2D eigenvalue weighted by Crippen LogP contribution is 2.71. The van der Waals surface area contributed by atoms with E-state index in [2.05, 4.69) is 16.4 Å². The van der Waals surface area contributed by atoms with E-state index in [1.165, 1.54) is 29.7 Å². The van der Waals surface area contributed by atoms with Gasteiger partial charge in [-0.3, -0.25) is 4.90 Å². The Morgan fingerprint density at radius 3 is 2.41 bits per heavy atom. The first-order chi connectivity index (χ1) is 18.8. The van der Waals surface area contributed by atoms with Crippen LogP contribution in [0.15, 0.2) is 42.6 Å². The maximum absolute atomic E-state index is 13.6. The number of benzene rings is 1. The van der Waals surface area contributed by atoms with Gasteiger partial charge in [0.15, 0.2) is 0 Å². The third-order valence-corrected chi connectivity index (χ3v) is 9.65. The fourth-order valence-electron chi connectivity index (χ4n) is 7.62. The van der Waals surface area contributed by atoms with Gasteiger partial charge in [-0.05, 0) is 80.4 Å². The van der Waals surface area contributed by atoms with Crippen molar-refractivity contribution in [3.63, 3.8) is 0 Å². The first-order valence-corrected chi connectivity index (χ1v) is 14.3. The van der Waals surface area contributed by atoms with Gasteiger partial charge in [0.25, 0.3) is 0 Å². The lowest BCUT2D eigenvalue weighted by Crippen LogP contribution is -2.63. The van der Waals surface area contributed by atoms with Crippen molar-refractivity contribution in [3.05, 3.63) is 59.3 Å². The van der Waals surface area contributed by atoms with E-state index in [0.717, 1.165) is 30.4 Å². The Kier molecular flexibility index (Phi) is 6.78. The maximum atomic E-state index is 13.6. The van der Waals surface area contributed by atoms with Crippen LogP contribution in [0.3, 0.4) is 0 Å². The quantitative estimate of drug-likeness (QED) is 0.452. The Morgan fingerprint density at radius 1 is 1.15 bits per heavy atom. The summed E-state index contributed by atoms with van der Waals surface area (Å²) in [6.07, 6.45) is 7.67. The van der Waals surface area contributed by atoms with Gasteiger partial charge >= 0.3 is 12.1 Å². The number of carboxylic acids is 1. The number of carbonyl (C=O) groups excluding carboxylic acids is 1. The summed E-state index contributed by atoms with van der Waals surface area (Å²) in [7, 11) is 1.63. The second kappa shape index (κ2) is 10.1. The van der Waals surface area contributed by atoms with E-state index in [1.54, 1.807) is 21.0 Å². The molecule has 2 aromatic rings. The van der Waals surface area contributed by atoms with Crippen LogP contribution < -0.4 is 10.1 Å². The van der Waals surface area contributed by atoms with Gasteiger partial charge in [-0.1, -0.05) is 36.8 Å². The Hall–Kier alpha value is -3.13. The molecule has 8 heteroatoms. The van der Waals surface area contributed by atoms with Gasteiger partial charge in [-0.25, -0.2) is 14.6 Å². The minimum Gasteiger partial charge on any atom is -0.481 e. The lowest BCUT2D eigenvalue weighted by atomic mass is 9.38. The molecule has 0 spiro atoms. The van der Waals surface area contributed by atoms with E-state index in [9.17, 15) is 14.7 Å². The first-order valence-electron chi connectivity index (χ1n) is 14.3. The zero-order valence-corrected chi connectivity index (χ0v) is 23.0. The summed E-state index contributed by atoms with van der Waals surface area (Å²) in [6.45, 7) is 4.06. The molecule has 2 bridgehead atoms. The summed E-state index contributed by atoms with van der Waals surface area (Å²) in [4.78, 5) is 32.7. The molecule has 7 rings (SSSR count). The molecule has 1 aromatic carbocycles. The predicted octanol–water partition coefficient (Wildman–Crippen LogP) is 5.29. The standard InChI is InChI=1S/C31H39N3O5/c1-18(2)39-30(37)34-26(21-8-5-4-6-9-21)25(24(27(34)29(35)36)31-13-19(14-31)15-31)32-17-23-12-22(20-10-7-11-20)16-33-28(23)38-3/h4-6,8-9,12,16,18-20,24-27,32H,7,10-11,13-15,17H2,1-3H3,(H,35,36)/t19?,24-,25-,26-,27-,31?/m0/s1. The molecule has 2 heterocycles. The molecule has 0 unspecified atom stereocenters. The van der Waals surface area contributed by atoms with Crippen molar-refractivity contribution in [2.75, 3.05) is 7.11 Å². The van der Waals surface area contributed by atoms with Gasteiger partial charge in [-0.2, -0.15) is 0 Å². The van der Waals surface area contributed by atoms with Gasteiger partial charge in [0, 0.05) is 30.3 Å². The van der Waals surface area contributed by atoms with Crippen molar-refractivity contribution in [1.82, 2.24) is 15.2 Å². The fourth-order valence-corrected chi connectivity index (χ4v) is 7.62. The summed E-state index contributed by atoms with van der Waals surface area (Å²) in [5, 5.41) is 14.4. The van der Waals surface area contributed by atoms with Crippen LogP contribution in [-0.4, -0.2) is 52.4 Å². The molecule has 1 amide bonds. The van der Waals surface area contributed by atoms with Gasteiger partial charge in [0.1, 0.15) is 6.04 Å². The highest BCUT2D eigenvalue weighted by atomic mass is 16.6. The Balaban J connectivity index is 1.40. The number of rotatable bonds is 9. The van der Waals surface area contributed by atoms with Crippen molar-refractivity contribution < 1.29 is 24.2 Å². The molecule has 1 aliphatic heterocycles. The summed E-state index contributed by atoms with van der Waals surface area (Å²) >= 11 is 0. The average Bonchev–Trinajstić information content (AvgIpc) is 3.15. The number of carbonyl (C=O) groups is 2. The number of ether oxygens (including phenoxy) is 2. The zero-order valence-electron chi connectivity index (χ0n) is 23.0. The second-order valence-electron chi connectivity index (χ2n) is 12.3. The number of hydrogen-bond donors (Lipinski definition) is 2. The average molecular weight is 534 g/mol. The van der Waals surface area contributed by atoms with Gasteiger partial charge in [0.2, 0.25) is 5.88 Å². The molecule has 8 nitrogen and oxygen atoms in total. The largest absolute Gasteiger partial charge is 0.481 e. The summed E-state index contributed by atoms with van der Waals surface area (Å²) in [5.74, 6) is 0.584. The number of likely N-dealkylation sites (tertiary alicyclic amines) is 1. The van der Waals surface area contributed by atoms with E-state index < -0.39 is 24.1 Å². The van der Waals surface area contributed by atoms with Gasteiger partial charge in [-0.15, -0.1) is 0 Å². The smallest absolute Gasteiger partial charge is 0.411 e. The molecule has 5 aliphatic rings. The van der Waals surface area contributed by atoms with E-state index in [1.807, 2.05) is 36.5 Å². The lowest BCUT2D eigenvalue weighted by molar-refractivity contribution is -0.174. The van der Waals surface area contributed by atoms with Crippen molar-refractivity contribution in [2.24, 2.45) is 17.3 Å². The molecule has 5 fully saturated rings. The van der Waals surface area contributed by atoms with Gasteiger partial charge < -0.3 is 19.9 Å². The summed E-state index contributed by atoms with van der Waals surface area (Å²) in [6, 6.07) is 10.3. The second-order valence-corrected chi connectivity index (χ2v) is 12.3. The number of pyridine rings is 1. The van der Waals surface area contributed by atoms with Crippen molar-refractivity contribution >= 4 is 12.1 Å². The van der Waals surface area contributed by atoms with Crippen molar-refractivity contribution in [2.45, 2.75) is 89.1 Å². The number of nitrogens with zero attached hydrogens (tertiary/aromatic N) is 2. The molecule has 208 valence electrons. The Morgan fingerprint density at radius 2 is 1.87 bits per heavy atom. The molecule has 4 atom stereocenters. The monoisotopic (exact) mass is 533 g/mol. The molecule has 39 heavy (non-hydrogen) atoms. The van der Waals surface area contributed by atoms with Crippen LogP contribution >= 0.6 is 0 Å². The summed E-state index contributed by atoms with van der Waals surface area (Å²) < 4.78 is 11.3. The van der Waals surface area contributed by atoms with E-state index >= 15 is 0 Å². The van der Waals surface area contributed by atoms with Crippen LogP contribution in [0.4, 0.5) is 4.79 Å². The minimum absolute atomic E-state index is 0.0681. The van der Waals surface area contributed by atoms with E-state index in [4.69, 9.17) is 9.47 Å². The maximum Gasteiger partial charge on any atom is 0.411 e. The van der Waals surface area contributed by atoms with Crippen molar-refractivity contribution in [3.8, 4) is 5.88 Å². The van der Waals surface area contributed by atoms with Crippen molar-refractivity contribution in [1.29, 1.82) is 0 Å². The lowest BCUT2D eigenvalue weighted by Gasteiger charge is -2.66. The van der Waals surface area contributed by atoms with E-state index in [-0.39, 0.29) is 23.5 Å². The first kappa shape index (κ1) is 26.1. The third kappa shape index (κ3) is 4.46. The van der Waals surface area contributed by atoms with Crippen LogP contribution in [-0.2, 0) is 16.1 Å². The molecular weight excluding hydrogens is 494 g/mol. The fraction of sp³-hybridized carbons (Fsp3) is 0.581. The molecular formula is C31H39N3O5. The molecule has 1 saturated heterocycles. The number of hydrogen-bond acceptors (Lipinski definition) is 6. The molecule has 4 saturated carbocycles. The number of nitrogens with one attached hydrogen (secondary N) is 1. The normalized spacial score (nSPS) is 31.3. The predicted molar refractivity (Wildman–Crippen MR) is 145 cm³/mol. The molecule has 2 N–H and O–H groups in total. The Bertz CT molecular complexity index is 1210. The van der Waals surface area contributed by atoms with Gasteiger partial charge in [0.05, 0.1) is 19.3 Å². The zero-order chi connectivity index (χ0) is 27.3. The SMILES string of the molecule is COc1ncc(C2CCC2)cc1CN[C@H]1[C@H](C23CC(C2)C3)[C@@H](C(=O)O)N(C(=O)OC(C)C)[C@H]1c1ccccc1. The van der Waals surface area contributed by atoms with Crippen LogP contribution in [0.5, 0.6) is 5.88 Å². The molecule has 1 aromatic heterocycles. The topological polar surface area (TPSA) is 101 Å². The number of amides is 1. The number of methoxy groups -OCH3 is 1. The van der Waals surface area contributed by atoms with Crippen LogP contribution in [0, 0.1) is 17.3 Å². The third-order valence-electron chi connectivity index (χ3n) is 9.65. The highest BCUT2D eigenvalue weighted by molar-refractivity contribution is 5.82. The van der Waals surface area contributed by atoms with Crippen LogP contribution in [0.1, 0.15) is 81.0 Å². The van der Waals surface area contributed by atoms with Crippen LogP contribution in [0.2, 0.25) is 0 Å². The van der Waals surface area contributed by atoms with Crippen LogP contribution in [0.25, 0.3) is 0 Å². The molecule has 0 radical (unpaired) electrons.